The third kappa shape index (κ3) is 3.12. The van der Waals surface area contributed by atoms with Crippen LogP contribution in [0.3, 0.4) is 0 Å². The van der Waals surface area contributed by atoms with E-state index in [1.165, 1.54) is 25.3 Å². The van der Waals surface area contributed by atoms with E-state index in [1.54, 1.807) is 18.2 Å². The molecular formula is C15H18ClFO. The normalized spacial score (nSPS) is 18.1. The van der Waals surface area contributed by atoms with Crippen molar-refractivity contribution in [2.75, 3.05) is 6.61 Å². The van der Waals surface area contributed by atoms with E-state index >= 15 is 0 Å². The Bertz CT molecular complexity index is 436. The topological polar surface area (TPSA) is 20.2 Å². The summed E-state index contributed by atoms with van der Waals surface area (Å²) in [7, 11) is 0. The van der Waals surface area contributed by atoms with Crippen LogP contribution in [0.15, 0.2) is 23.8 Å². The van der Waals surface area contributed by atoms with Crippen molar-refractivity contribution in [3.63, 3.8) is 0 Å². The van der Waals surface area contributed by atoms with Gasteiger partial charge in [-0.25, -0.2) is 4.39 Å². The fourth-order valence-corrected chi connectivity index (χ4v) is 2.78. The lowest BCUT2D eigenvalue weighted by Crippen LogP contribution is -2.11. The highest BCUT2D eigenvalue weighted by atomic mass is 35.5. The summed E-state index contributed by atoms with van der Waals surface area (Å²) in [6, 6.07) is 4.96. The van der Waals surface area contributed by atoms with Crippen LogP contribution < -0.4 is 0 Å². The van der Waals surface area contributed by atoms with Crippen LogP contribution in [-0.4, -0.2) is 11.7 Å². The van der Waals surface area contributed by atoms with E-state index in [-0.39, 0.29) is 11.6 Å². The van der Waals surface area contributed by atoms with Gasteiger partial charge in [-0.05, 0) is 30.4 Å². The van der Waals surface area contributed by atoms with Crippen LogP contribution in [0.2, 0.25) is 5.02 Å². The molecule has 1 N–H and O–H groups in total. The number of aliphatic hydroxyl groups excluding tert-OH is 1. The molecule has 18 heavy (non-hydrogen) atoms. The lowest BCUT2D eigenvalue weighted by Gasteiger charge is -2.23. The highest BCUT2D eigenvalue weighted by Gasteiger charge is 2.17. The number of aliphatic hydroxyl groups is 1. The molecule has 1 saturated carbocycles. The molecule has 0 saturated heterocycles. The Morgan fingerprint density at radius 1 is 1.33 bits per heavy atom. The van der Waals surface area contributed by atoms with Crippen LogP contribution in [0.4, 0.5) is 4.39 Å². The van der Waals surface area contributed by atoms with Crippen molar-refractivity contribution >= 4 is 17.7 Å². The second kappa shape index (κ2) is 6.35. The molecule has 1 fully saturated rings. The Labute approximate surface area is 112 Å². The molecule has 1 aromatic rings. The molecule has 2 rings (SSSR count). The molecule has 0 bridgehead atoms. The van der Waals surface area contributed by atoms with Gasteiger partial charge in [0, 0.05) is 5.56 Å². The molecular weight excluding hydrogens is 251 g/mol. The Hall–Kier alpha value is -0.860. The molecule has 0 amide bonds. The zero-order chi connectivity index (χ0) is 13.0. The van der Waals surface area contributed by atoms with Gasteiger partial charge in [-0.15, -0.1) is 0 Å². The summed E-state index contributed by atoms with van der Waals surface area (Å²) in [5.74, 6) is -0.0111. The Morgan fingerprint density at radius 2 is 2.06 bits per heavy atom. The second-order valence-corrected chi connectivity index (χ2v) is 5.26. The smallest absolute Gasteiger partial charge is 0.148 e. The van der Waals surface area contributed by atoms with Gasteiger partial charge in [0.25, 0.3) is 0 Å². The Morgan fingerprint density at radius 3 is 2.72 bits per heavy atom. The van der Waals surface area contributed by atoms with E-state index in [9.17, 15) is 9.50 Å². The van der Waals surface area contributed by atoms with E-state index in [0.29, 0.717) is 11.5 Å². The second-order valence-electron chi connectivity index (χ2n) is 4.86. The first-order valence-electron chi connectivity index (χ1n) is 6.47. The fraction of sp³-hybridized carbons (Fsp3) is 0.467. The van der Waals surface area contributed by atoms with E-state index in [2.05, 4.69) is 0 Å². The van der Waals surface area contributed by atoms with Crippen molar-refractivity contribution in [2.24, 2.45) is 5.92 Å². The summed E-state index contributed by atoms with van der Waals surface area (Å²) >= 11 is 5.76. The lowest BCUT2D eigenvalue weighted by atomic mass is 9.83. The van der Waals surface area contributed by atoms with Crippen molar-refractivity contribution in [3.8, 4) is 0 Å². The molecule has 0 atom stereocenters. The highest BCUT2D eigenvalue weighted by Crippen LogP contribution is 2.31. The first kappa shape index (κ1) is 13.6. The predicted molar refractivity (Wildman–Crippen MR) is 73.0 cm³/mol. The molecule has 1 nitrogen and oxygen atoms in total. The van der Waals surface area contributed by atoms with E-state index < -0.39 is 5.82 Å². The first-order chi connectivity index (χ1) is 8.72. The van der Waals surface area contributed by atoms with Crippen LogP contribution >= 0.6 is 11.6 Å². The fourth-order valence-electron chi connectivity index (χ4n) is 2.60. The molecule has 1 aliphatic rings. The molecule has 0 heterocycles. The monoisotopic (exact) mass is 268 g/mol. The van der Waals surface area contributed by atoms with Gasteiger partial charge in [-0.2, -0.15) is 0 Å². The van der Waals surface area contributed by atoms with Crippen molar-refractivity contribution in [1.82, 2.24) is 0 Å². The Balaban J connectivity index is 2.25. The summed E-state index contributed by atoms with van der Waals surface area (Å²) in [6.45, 7) is -0.00335. The molecule has 0 unspecified atom stereocenters. The minimum absolute atomic E-state index is 0.00335. The molecule has 3 heteroatoms. The van der Waals surface area contributed by atoms with Gasteiger partial charge in [0.05, 0.1) is 11.6 Å². The number of hydrogen-bond acceptors (Lipinski definition) is 1. The van der Waals surface area contributed by atoms with Gasteiger partial charge in [-0.1, -0.05) is 49.1 Å². The standard InChI is InChI=1S/C15H18ClFO/c16-14-8-4-7-12(15(14)17)9-13(10-18)11-5-2-1-3-6-11/h4,7-9,11,18H,1-3,5-6,10H2/b13-9-. The minimum atomic E-state index is -0.402. The molecule has 1 aromatic carbocycles. The third-order valence-electron chi connectivity index (χ3n) is 3.63. The number of benzene rings is 1. The molecule has 0 aliphatic heterocycles. The summed E-state index contributed by atoms with van der Waals surface area (Å²) in [6.07, 6.45) is 7.60. The molecule has 0 radical (unpaired) electrons. The number of halogens is 2. The van der Waals surface area contributed by atoms with Gasteiger partial charge in [0.15, 0.2) is 0 Å². The van der Waals surface area contributed by atoms with Gasteiger partial charge < -0.3 is 5.11 Å². The number of hydrogen-bond donors (Lipinski definition) is 1. The maximum absolute atomic E-state index is 13.8. The van der Waals surface area contributed by atoms with Crippen LogP contribution in [0, 0.1) is 11.7 Å². The SMILES string of the molecule is OC/C(=C/c1cccc(Cl)c1F)C1CCCCC1. The van der Waals surface area contributed by atoms with Gasteiger partial charge in [0.1, 0.15) is 5.82 Å². The Kier molecular flexibility index (Phi) is 4.79. The molecule has 0 aromatic heterocycles. The molecule has 0 spiro atoms. The maximum Gasteiger partial charge on any atom is 0.148 e. The van der Waals surface area contributed by atoms with Crippen molar-refractivity contribution < 1.29 is 9.50 Å². The van der Waals surface area contributed by atoms with Crippen LogP contribution in [0.1, 0.15) is 37.7 Å². The largest absolute Gasteiger partial charge is 0.392 e. The summed E-state index contributed by atoms with van der Waals surface area (Å²) in [5.41, 5.74) is 1.40. The van der Waals surface area contributed by atoms with Crippen molar-refractivity contribution in [1.29, 1.82) is 0 Å². The van der Waals surface area contributed by atoms with Gasteiger partial charge >= 0.3 is 0 Å². The zero-order valence-corrected chi connectivity index (χ0v) is 11.1. The van der Waals surface area contributed by atoms with E-state index in [4.69, 9.17) is 11.6 Å². The van der Waals surface area contributed by atoms with Gasteiger partial charge in [-0.3, -0.25) is 0 Å². The number of rotatable bonds is 3. The average molecular weight is 269 g/mol. The maximum atomic E-state index is 13.8. The summed E-state index contributed by atoms with van der Waals surface area (Å²) < 4.78 is 13.8. The van der Waals surface area contributed by atoms with E-state index in [1.807, 2.05) is 0 Å². The lowest BCUT2D eigenvalue weighted by molar-refractivity contribution is 0.295. The van der Waals surface area contributed by atoms with Crippen molar-refractivity contribution in [3.05, 3.63) is 40.2 Å². The van der Waals surface area contributed by atoms with Crippen LogP contribution in [0.5, 0.6) is 0 Å². The third-order valence-corrected chi connectivity index (χ3v) is 3.93. The van der Waals surface area contributed by atoms with Crippen molar-refractivity contribution in [2.45, 2.75) is 32.1 Å². The summed E-state index contributed by atoms with van der Waals surface area (Å²) in [5, 5.41) is 9.61. The van der Waals surface area contributed by atoms with E-state index in [0.717, 1.165) is 18.4 Å². The zero-order valence-electron chi connectivity index (χ0n) is 10.3. The van der Waals surface area contributed by atoms with Gasteiger partial charge in [0.2, 0.25) is 0 Å². The molecule has 98 valence electrons. The summed E-state index contributed by atoms with van der Waals surface area (Å²) in [4.78, 5) is 0. The minimum Gasteiger partial charge on any atom is -0.392 e. The predicted octanol–water partition coefficient (Wildman–Crippen LogP) is 4.44. The highest BCUT2D eigenvalue weighted by molar-refractivity contribution is 6.30. The quantitative estimate of drug-likeness (QED) is 0.860. The van der Waals surface area contributed by atoms with Crippen LogP contribution in [-0.2, 0) is 0 Å². The molecule has 1 aliphatic carbocycles. The van der Waals surface area contributed by atoms with Crippen LogP contribution in [0.25, 0.3) is 6.08 Å². The first-order valence-corrected chi connectivity index (χ1v) is 6.85. The average Bonchev–Trinajstić information content (AvgIpc) is 2.41.